The van der Waals surface area contributed by atoms with Crippen LogP contribution in [0, 0.1) is 25.5 Å². The lowest BCUT2D eigenvalue weighted by Gasteiger charge is -2.12. The number of halogens is 3. The van der Waals surface area contributed by atoms with Gasteiger partial charge in [0.15, 0.2) is 11.4 Å². The third-order valence-electron chi connectivity index (χ3n) is 5.59. The van der Waals surface area contributed by atoms with Gasteiger partial charge in [0.25, 0.3) is 5.56 Å². The number of hydrogen-bond acceptors (Lipinski definition) is 4. The second kappa shape index (κ2) is 9.07. The summed E-state index contributed by atoms with van der Waals surface area (Å²) in [4.78, 5) is 18.1. The molecule has 0 aliphatic carbocycles. The summed E-state index contributed by atoms with van der Waals surface area (Å²) in [5, 5.41) is 4.41. The fourth-order valence-corrected chi connectivity index (χ4v) is 4.15. The van der Waals surface area contributed by atoms with Crippen LogP contribution in [0.2, 0.25) is 0 Å². The van der Waals surface area contributed by atoms with Gasteiger partial charge in [-0.25, -0.2) is 18.4 Å². The smallest absolute Gasteiger partial charge is 0.267 e. The summed E-state index contributed by atoms with van der Waals surface area (Å²) in [5.41, 5.74) is 2.54. The first kappa shape index (κ1) is 22.9. The van der Waals surface area contributed by atoms with Crippen LogP contribution in [0.15, 0.2) is 76.1 Å². The standard InChI is InChI=1S/C26H19BrF2N4O2/c1-15-12-21(31-33(15)22-13-19(28)9-10-20(22)29)24-16(2)30-25-23(4-3-11-32(25)26(24)34)35-14-17-5-7-18(27)8-6-17/h3-13H,14H2,1-2H3. The second-order valence-electron chi connectivity index (χ2n) is 8.04. The largest absolute Gasteiger partial charge is 0.485 e. The second-order valence-corrected chi connectivity index (χ2v) is 8.95. The predicted octanol–water partition coefficient (Wildman–Crippen LogP) is 5.78. The Labute approximate surface area is 207 Å². The van der Waals surface area contributed by atoms with E-state index in [1.54, 1.807) is 38.2 Å². The highest BCUT2D eigenvalue weighted by Gasteiger charge is 2.19. The van der Waals surface area contributed by atoms with Gasteiger partial charge in [-0.2, -0.15) is 5.10 Å². The molecule has 0 aliphatic heterocycles. The summed E-state index contributed by atoms with van der Waals surface area (Å²) in [7, 11) is 0. The third kappa shape index (κ3) is 4.35. The minimum atomic E-state index is -0.623. The Morgan fingerprint density at radius 2 is 1.80 bits per heavy atom. The van der Waals surface area contributed by atoms with Gasteiger partial charge >= 0.3 is 0 Å². The molecule has 0 aliphatic rings. The van der Waals surface area contributed by atoms with Gasteiger partial charge in [-0.3, -0.25) is 9.20 Å². The summed E-state index contributed by atoms with van der Waals surface area (Å²) >= 11 is 3.41. The van der Waals surface area contributed by atoms with Crippen molar-refractivity contribution in [1.29, 1.82) is 0 Å². The predicted molar refractivity (Wildman–Crippen MR) is 132 cm³/mol. The maximum Gasteiger partial charge on any atom is 0.267 e. The van der Waals surface area contributed by atoms with E-state index in [1.807, 2.05) is 24.3 Å². The zero-order valence-electron chi connectivity index (χ0n) is 18.8. The van der Waals surface area contributed by atoms with Gasteiger partial charge in [-0.05, 0) is 61.9 Å². The lowest BCUT2D eigenvalue weighted by atomic mass is 10.1. The first-order valence-corrected chi connectivity index (χ1v) is 11.5. The van der Waals surface area contributed by atoms with Crippen LogP contribution in [-0.2, 0) is 6.61 Å². The molecule has 2 aromatic carbocycles. The van der Waals surface area contributed by atoms with Crippen LogP contribution >= 0.6 is 15.9 Å². The van der Waals surface area contributed by atoms with Crippen molar-refractivity contribution in [2.75, 3.05) is 0 Å². The SMILES string of the molecule is Cc1nc2c(OCc3ccc(Br)cc3)cccn2c(=O)c1-c1cc(C)n(-c2cc(F)ccc2F)n1. The number of nitrogens with zero attached hydrogens (tertiary/aromatic N) is 4. The van der Waals surface area contributed by atoms with E-state index < -0.39 is 11.6 Å². The summed E-state index contributed by atoms with van der Waals surface area (Å²) < 4.78 is 37.7. The number of benzene rings is 2. The zero-order chi connectivity index (χ0) is 24.7. The van der Waals surface area contributed by atoms with E-state index in [1.165, 1.54) is 9.08 Å². The Balaban J connectivity index is 1.56. The highest BCUT2D eigenvalue weighted by atomic mass is 79.9. The third-order valence-corrected chi connectivity index (χ3v) is 6.12. The van der Waals surface area contributed by atoms with Crippen LogP contribution in [-0.4, -0.2) is 19.2 Å². The van der Waals surface area contributed by atoms with Gasteiger partial charge in [0.1, 0.15) is 29.6 Å². The first-order chi connectivity index (χ1) is 16.8. The fourth-order valence-electron chi connectivity index (χ4n) is 3.88. The Hall–Kier alpha value is -3.85. The van der Waals surface area contributed by atoms with Gasteiger partial charge in [0.2, 0.25) is 0 Å². The molecule has 5 aromatic rings. The molecule has 5 rings (SSSR count). The van der Waals surface area contributed by atoms with E-state index in [4.69, 9.17) is 4.74 Å². The molecule has 35 heavy (non-hydrogen) atoms. The molecular weight excluding hydrogens is 518 g/mol. The molecule has 0 saturated carbocycles. The number of aryl methyl sites for hydroxylation is 2. The van der Waals surface area contributed by atoms with Crippen LogP contribution in [0.5, 0.6) is 5.75 Å². The molecule has 0 saturated heterocycles. The number of hydrogen-bond donors (Lipinski definition) is 0. The van der Waals surface area contributed by atoms with Gasteiger partial charge in [-0.1, -0.05) is 28.1 Å². The normalized spacial score (nSPS) is 11.2. The van der Waals surface area contributed by atoms with E-state index in [0.29, 0.717) is 35.1 Å². The molecule has 6 nitrogen and oxygen atoms in total. The number of ether oxygens (including phenoxy) is 1. The summed E-state index contributed by atoms with van der Waals surface area (Å²) in [6.45, 7) is 3.72. The van der Waals surface area contributed by atoms with E-state index in [9.17, 15) is 13.6 Å². The molecule has 0 bridgehead atoms. The lowest BCUT2D eigenvalue weighted by molar-refractivity contribution is 0.308. The summed E-state index contributed by atoms with van der Waals surface area (Å²) in [5.74, 6) is -0.746. The quantitative estimate of drug-likeness (QED) is 0.285. The molecule has 9 heteroatoms. The molecule has 3 heterocycles. The molecular formula is C26H19BrF2N4O2. The number of aromatic nitrogens is 4. The maximum atomic E-state index is 14.4. The van der Waals surface area contributed by atoms with Crippen molar-refractivity contribution < 1.29 is 13.5 Å². The first-order valence-electron chi connectivity index (χ1n) is 10.7. The van der Waals surface area contributed by atoms with E-state index >= 15 is 0 Å². The molecule has 0 amide bonds. The van der Waals surface area contributed by atoms with Crippen molar-refractivity contribution >= 4 is 21.6 Å². The number of pyridine rings is 1. The van der Waals surface area contributed by atoms with Crippen LogP contribution in [0.4, 0.5) is 8.78 Å². The Morgan fingerprint density at radius 3 is 2.57 bits per heavy atom. The van der Waals surface area contributed by atoms with Crippen molar-refractivity contribution in [3.05, 3.63) is 110 Å². The van der Waals surface area contributed by atoms with Crippen molar-refractivity contribution in [2.45, 2.75) is 20.5 Å². The van der Waals surface area contributed by atoms with E-state index in [0.717, 1.165) is 28.2 Å². The highest BCUT2D eigenvalue weighted by molar-refractivity contribution is 9.10. The van der Waals surface area contributed by atoms with Gasteiger partial charge in [0, 0.05) is 22.4 Å². The fraction of sp³-hybridized carbons (Fsp3) is 0.115. The molecule has 0 radical (unpaired) electrons. The average Bonchev–Trinajstić information content (AvgIpc) is 3.21. The molecule has 176 valence electrons. The van der Waals surface area contributed by atoms with Crippen LogP contribution < -0.4 is 10.3 Å². The van der Waals surface area contributed by atoms with Crippen molar-refractivity contribution in [2.24, 2.45) is 0 Å². The molecule has 0 N–H and O–H groups in total. The van der Waals surface area contributed by atoms with Crippen molar-refractivity contribution in [3.63, 3.8) is 0 Å². The number of fused-ring (bicyclic) bond motifs is 1. The molecule has 0 unspecified atom stereocenters. The molecule has 0 spiro atoms. The van der Waals surface area contributed by atoms with Gasteiger partial charge in [-0.15, -0.1) is 0 Å². The molecule has 0 atom stereocenters. The highest BCUT2D eigenvalue weighted by Crippen LogP contribution is 2.25. The van der Waals surface area contributed by atoms with Crippen molar-refractivity contribution in [1.82, 2.24) is 19.2 Å². The molecule has 0 fully saturated rings. The maximum absolute atomic E-state index is 14.4. The Bertz CT molecular complexity index is 1630. The topological polar surface area (TPSA) is 61.4 Å². The summed E-state index contributed by atoms with van der Waals surface area (Å²) in [6, 6.07) is 16.0. The lowest BCUT2D eigenvalue weighted by Crippen LogP contribution is -2.19. The van der Waals surface area contributed by atoms with Crippen LogP contribution in [0.3, 0.4) is 0 Å². The Morgan fingerprint density at radius 1 is 1.03 bits per heavy atom. The Kier molecular flexibility index (Phi) is 5.94. The van der Waals surface area contributed by atoms with Gasteiger partial charge < -0.3 is 4.74 Å². The number of rotatable bonds is 5. The van der Waals surface area contributed by atoms with E-state index in [-0.39, 0.29) is 16.8 Å². The minimum Gasteiger partial charge on any atom is -0.485 e. The minimum absolute atomic E-state index is 0.0381. The molecule has 3 aromatic heterocycles. The summed E-state index contributed by atoms with van der Waals surface area (Å²) in [6.07, 6.45) is 1.61. The van der Waals surface area contributed by atoms with Gasteiger partial charge in [0.05, 0.1) is 11.3 Å². The zero-order valence-corrected chi connectivity index (χ0v) is 20.4. The average molecular weight is 537 g/mol. The van der Waals surface area contributed by atoms with Crippen molar-refractivity contribution in [3.8, 4) is 22.7 Å². The van der Waals surface area contributed by atoms with Crippen LogP contribution in [0.1, 0.15) is 17.0 Å². The monoisotopic (exact) mass is 536 g/mol. The van der Waals surface area contributed by atoms with E-state index in [2.05, 4.69) is 26.0 Å². The van der Waals surface area contributed by atoms with Crippen LogP contribution in [0.25, 0.3) is 22.6 Å².